The number of piperidine rings is 1. The topological polar surface area (TPSA) is 49.0 Å². The molecule has 0 spiro atoms. The first-order valence-electron chi connectivity index (χ1n) is 4.69. The summed E-state index contributed by atoms with van der Waals surface area (Å²) < 4.78 is 12.8. The van der Waals surface area contributed by atoms with Gasteiger partial charge in [-0.3, -0.25) is 4.79 Å². The maximum absolute atomic E-state index is 12.8. The summed E-state index contributed by atoms with van der Waals surface area (Å²) in [5.41, 5.74) is 0.561. The number of nitrogens with zero attached hydrogens (tertiary/aromatic N) is 2. The molecule has 0 atom stereocenters. The van der Waals surface area contributed by atoms with Crippen molar-refractivity contribution in [2.75, 3.05) is 18.0 Å². The summed E-state index contributed by atoms with van der Waals surface area (Å²) in [6, 6.07) is 1.49. The van der Waals surface area contributed by atoms with Gasteiger partial charge in [0, 0.05) is 19.2 Å². The van der Waals surface area contributed by atoms with Gasteiger partial charge in [0.15, 0.2) is 0 Å². The molecule has 0 aromatic carbocycles. The first-order chi connectivity index (χ1) is 6.75. The Hall–Kier alpha value is -1.39. The molecule has 1 aliphatic heterocycles. The molecule has 2 heterocycles. The molecule has 1 saturated heterocycles. The van der Waals surface area contributed by atoms with Crippen molar-refractivity contribution in [3.63, 3.8) is 0 Å². The van der Waals surface area contributed by atoms with E-state index in [9.17, 15) is 9.18 Å². The van der Waals surface area contributed by atoms with Gasteiger partial charge in [0.05, 0.1) is 11.9 Å². The number of aromatic nitrogens is 2. The second kappa shape index (κ2) is 3.77. The fourth-order valence-electron chi connectivity index (χ4n) is 1.65. The van der Waals surface area contributed by atoms with Crippen molar-refractivity contribution >= 4 is 5.69 Å². The third-order valence-electron chi connectivity index (χ3n) is 2.44. The van der Waals surface area contributed by atoms with Crippen LogP contribution in [0.5, 0.6) is 0 Å². The summed E-state index contributed by atoms with van der Waals surface area (Å²) in [5, 5.41) is 6.02. The molecule has 1 aromatic rings. The average Bonchev–Trinajstić information content (AvgIpc) is 2.19. The van der Waals surface area contributed by atoms with E-state index in [2.05, 4.69) is 10.2 Å². The number of rotatable bonds is 1. The van der Waals surface area contributed by atoms with E-state index in [1.807, 2.05) is 4.90 Å². The van der Waals surface area contributed by atoms with E-state index in [1.165, 1.54) is 6.07 Å². The minimum Gasteiger partial charge on any atom is -0.370 e. The van der Waals surface area contributed by atoms with Crippen LogP contribution < -0.4 is 10.5 Å². The molecule has 0 amide bonds. The van der Waals surface area contributed by atoms with Crippen molar-refractivity contribution in [2.45, 2.75) is 19.0 Å². The molecule has 0 saturated carbocycles. The fourth-order valence-corrected chi connectivity index (χ4v) is 1.65. The van der Waals surface area contributed by atoms with E-state index in [0.717, 1.165) is 5.69 Å². The zero-order chi connectivity index (χ0) is 9.97. The number of hydrogen-bond donors (Lipinski definition) is 1. The SMILES string of the molecule is O=c1cc(N2CCC(F)CC2)cn[nH]1. The quantitative estimate of drug-likeness (QED) is 0.721. The highest BCUT2D eigenvalue weighted by atomic mass is 19.1. The number of nitrogens with one attached hydrogen (secondary N) is 1. The monoisotopic (exact) mass is 197 g/mol. The van der Waals surface area contributed by atoms with Crippen LogP contribution in [0.2, 0.25) is 0 Å². The number of hydrogen-bond acceptors (Lipinski definition) is 3. The van der Waals surface area contributed by atoms with E-state index >= 15 is 0 Å². The third-order valence-corrected chi connectivity index (χ3v) is 2.44. The summed E-state index contributed by atoms with van der Waals surface area (Å²) in [6.45, 7) is 1.32. The van der Waals surface area contributed by atoms with E-state index in [-0.39, 0.29) is 5.56 Å². The van der Waals surface area contributed by atoms with Crippen LogP contribution in [0.1, 0.15) is 12.8 Å². The van der Waals surface area contributed by atoms with Crippen molar-refractivity contribution in [3.8, 4) is 0 Å². The molecule has 1 N–H and O–H groups in total. The van der Waals surface area contributed by atoms with Gasteiger partial charge in [-0.15, -0.1) is 0 Å². The van der Waals surface area contributed by atoms with Crippen LogP contribution in [0.3, 0.4) is 0 Å². The minimum atomic E-state index is -0.693. The molecule has 2 rings (SSSR count). The highest BCUT2D eigenvalue weighted by Gasteiger charge is 2.18. The minimum absolute atomic E-state index is 0.218. The van der Waals surface area contributed by atoms with Gasteiger partial charge in [-0.05, 0) is 12.8 Å². The molecule has 0 radical (unpaired) electrons. The summed E-state index contributed by atoms with van der Waals surface area (Å²) in [4.78, 5) is 13.0. The fraction of sp³-hybridized carbons (Fsp3) is 0.556. The van der Waals surface area contributed by atoms with Crippen molar-refractivity contribution in [2.24, 2.45) is 0 Å². The normalized spacial score (nSPS) is 18.5. The van der Waals surface area contributed by atoms with Crippen molar-refractivity contribution in [1.82, 2.24) is 10.2 Å². The lowest BCUT2D eigenvalue weighted by Gasteiger charge is -2.29. The van der Waals surface area contributed by atoms with Gasteiger partial charge in [-0.2, -0.15) is 5.10 Å². The molecule has 14 heavy (non-hydrogen) atoms. The number of anilines is 1. The Morgan fingerprint density at radius 1 is 1.50 bits per heavy atom. The molecule has 1 aromatic heterocycles. The Balaban J connectivity index is 2.12. The number of aromatic amines is 1. The second-order valence-corrected chi connectivity index (χ2v) is 3.47. The summed E-state index contributed by atoms with van der Waals surface area (Å²) in [7, 11) is 0. The van der Waals surface area contributed by atoms with Gasteiger partial charge in [0.25, 0.3) is 5.56 Å². The Kier molecular flexibility index (Phi) is 2.47. The van der Waals surface area contributed by atoms with E-state index < -0.39 is 6.17 Å². The lowest BCUT2D eigenvalue weighted by Crippen LogP contribution is -2.35. The first kappa shape index (κ1) is 9.18. The smallest absolute Gasteiger partial charge is 0.266 e. The second-order valence-electron chi connectivity index (χ2n) is 3.47. The lowest BCUT2D eigenvalue weighted by atomic mass is 10.1. The largest absolute Gasteiger partial charge is 0.370 e. The highest BCUT2D eigenvalue weighted by Crippen LogP contribution is 2.18. The van der Waals surface area contributed by atoms with Gasteiger partial charge in [0.2, 0.25) is 0 Å². The molecule has 0 aliphatic carbocycles. The molecular formula is C9H12FN3O. The van der Waals surface area contributed by atoms with Gasteiger partial charge in [0.1, 0.15) is 6.17 Å². The van der Waals surface area contributed by atoms with Crippen molar-refractivity contribution in [1.29, 1.82) is 0 Å². The third kappa shape index (κ3) is 1.92. The zero-order valence-electron chi connectivity index (χ0n) is 7.74. The summed E-state index contributed by atoms with van der Waals surface area (Å²) in [6.07, 6.45) is 1.97. The van der Waals surface area contributed by atoms with Gasteiger partial charge in [-0.25, -0.2) is 9.49 Å². The molecule has 0 unspecified atom stereocenters. The van der Waals surface area contributed by atoms with Crippen LogP contribution >= 0.6 is 0 Å². The summed E-state index contributed by atoms with van der Waals surface area (Å²) in [5.74, 6) is 0. The van der Waals surface area contributed by atoms with E-state index in [0.29, 0.717) is 25.9 Å². The molecule has 76 valence electrons. The Bertz CT molecular complexity index is 357. The van der Waals surface area contributed by atoms with Gasteiger partial charge in [-0.1, -0.05) is 0 Å². The Morgan fingerprint density at radius 3 is 2.86 bits per heavy atom. The van der Waals surface area contributed by atoms with Crippen LogP contribution in [0, 0.1) is 0 Å². The van der Waals surface area contributed by atoms with Crippen LogP contribution in [0.15, 0.2) is 17.1 Å². The number of halogens is 1. The van der Waals surface area contributed by atoms with E-state index in [4.69, 9.17) is 0 Å². The van der Waals surface area contributed by atoms with Crippen molar-refractivity contribution in [3.05, 3.63) is 22.6 Å². The standard InChI is InChI=1S/C9H12FN3O/c10-7-1-3-13(4-2-7)8-5-9(14)12-11-6-8/h5-7H,1-4H2,(H,12,14). The van der Waals surface area contributed by atoms with Crippen LogP contribution in [-0.2, 0) is 0 Å². The summed E-state index contributed by atoms with van der Waals surface area (Å²) >= 11 is 0. The predicted octanol–water partition coefficient (Wildman–Crippen LogP) is 0.708. The maximum atomic E-state index is 12.8. The van der Waals surface area contributed by atoms with E-state index in [1.54, 1.807) is 6.20 Å². The average molecular weight is 197 g/mol. The molecule has 4 nitrogen and oxygen atoms in total. The Morgan fingerprint density at radius 2 is 2.21 bits per heavy atom. The molecular weight excluding hydrogens is 185 g/mol. The van der Waals surface area contributed by atoms with Crippen LogP contribution in [0.25, 0.3) is 0 Å². The lowest BCUT2D eigenvalue weighted by molar-refractivity contribution is 0.277. The highest BCUT2D eigenvalue weighted by molar-refractivity contribution is 5.43. The molecule has 5 heteroatoms. The van der Waals surface area contributed by atoms with Gasteiger partial charge < -0.3 is 4.90 Å². The number of H-pyrrole nitrogens is 1. The molecule has 0 bridgehead atoms. The van der Waals surface area contributed by atoms with Crippen molar-refractivity contribution < 1.29 is 4.39 Å². The maximum Gasteiger partial charge on any atom is 0.266 e. The van der Waals surface area contributed by atoms with Crippen LogP contribution in [0.4, 0.5) is 10.1 Å². The first-order valence-corrected chi connectivity index (χ1v) is 4.69. The van der Waals surface area contributed by atoms with Crippen LogP contribution in [-0.4, -0.2) is 29.5 Å². The number of alkyl halides is 1. The Labute approximate surface area is 80.7 Å². The zero-order valence-corrected chi connectivity index (χ0v) is 7.74. The predicted molar refractivity (Wildman–Crippen MR) is 51.2 cm³/mol. The molecule has 1 fully saturated rings. The van der Waals surface area contributed by atoms with Gasteiger partial charge >= 0.3 is 0 Å². The molecule has 1 aliphatic rings.